The lowest BCUT2D eigenvalue weighted by atomic mass is 9.71. The van der Waals surface area contributed by atoms with Crippen molar-refractivity contribution >= 4 is 11.8 Å². The van der Waals surface area contributed by atoms with Crippen LogP contribution in [0.15, 0.2) is 42.5 Å². The van der Waals surface area contributed by atoms with Gasteiger partial charge in [-0.25, -0.2) is 0 Å². The summed E-state index contributed by atoms with van der Waals surface area (Å²) in [7, 11) is 0. The van der Waals surface area contributed by atoms with Gasteiger partial charge in [-0.1, -0.05) is 31.0 Å². The van der Waals surface area contributed by atoms with E-state index in [9.17, 15) is 9.59 Å². The number of rotatable bonds is 4. The quantitative estimate of drug-likeness (QED) is 0.790. The lowest BCUT2D eigenvalue weighted by Crippen LogP contribution is -2.49. The highest BCUT2D eigenvalue weighted by Crippen LogP contribution is 2.51. The fourth-order valence-corrected chi connectivity index (χ4v) is 5.53. The van der Waals surface area contributed by atoms with Crippen LogP contribution in [0.3, 0.4) is 0 Å². The largest absolute Gasteiger partial charge is 0.486 e. The molecule has 6 nitrogen and oxygen atoms in total. The third-order valence-electron chi connectivity index (χ3n) is 7.22. The Labute approximate surface area is 188 Å². The van der Waals surface area contributed by atoms with Gasteiger partial charge in [0.25, 0.3) is 5.91 Å². The predicted molar refractivity (Wildman–Crippen MR) is 121 cm³/mol. The SMILES string of the molecule is CC1c2cc3c(cc2C2(CCCC2)CN1C(=O)CCNC(=O)c1ccccc1)OCCO3. The normalized spacial score (nSPS) is 20.7. The van der Waals surface area contributed by atoms with Gasteiger partial charge in [-0.3, -0.25) is 9.59 Å². The first-order chi connectivity index (χ1) is 15.6. The van der Waals surface area contributed by atoms with Crippen LogP contribution in [-0.4, -0.2) is 43.0 Å². The van der Waals surface area contributed by atoms with Crippen molar-refractivity contribution in [3.8, 4) is 11.5 Å². The molecule has 0 saturated heterocycles. The maximum absolute atomic E-state index is 13.3. The van der Waals surface area contributed by atoms with Crippen molar-refractivity contribution < 1.29 is 19.1 Å². The zero-order valence-electron chi connectivity index (χ0n) is 18.6. The van der Waals surface area contributed by atoms with Gasteiger partial charge in [0, 0.05) is 30.5 Å². The molecule has 6 heteroatoms. The van der Waals surface area contributed by atoms with E-state index in [4.69, 9.17) is 9.47 Å². The van der Waals surface area contributed by atoms with E-state index in [-0.39, 0.29) is 23.3 Å². The Hall–Kier alpha value is -3.02. The van der Waals surface area contributed by atoms with E-state index in [2.05, 4.69) is 24.4 Å². The topological polar surface area (TPSA) is 67.9 Å². The minimum absolute atomic E-state index is 0.0133. The second-order valence-electron chi connectivity index (χ2n) is 9.14. The number of carbonyl (C=O) groups is 2. The lowest BCUT2D eigenvalue weighted by molar-refractivity contribution is -0.135. The first-order valence-electron chi connectivity index (χ1n) is 11.6. The van der Waals surface area contributed by atoms with E-state index >= 15 is 0 Å². The Balaban J connectivity index is 1.34. The van der Waals surface area contributed by atoms with Crippen molar-refractivity contribution in [3.05, 3.63) is 59.2 Å². The van der Waals surface area contributed by atoms with E-state index in [1.807, 2.05) is 23.1 Å². The predicted octanol–water partition coefficient (Wildman–Crippen LogP) is 3.99. The highest BCUT2D eigenvalue weighted by molar-refractivity contribution is 5.94. The molecule has 1 fully saturated rings. The first kappa shape index (κ1) is 20.9. The first-order valence-corrected chi connectivity index (χ1v) is 11.6. The monoisotopic (exact) mass is 434 g/mol. The van der Waals surface area contributed by atoms with Crippen LogP contribution >= 0.6 is 0 Å². The molecule has 2 aliphatic heterocycles. The standard InChI is InChI=1S/C26H30N2O4/c1-18-20-15-22-23(32-14-13-31-22)16-21(20)26(10-5-6-11-26)17-28(18)24(29)9-12-27-25(30)19-7-3-2-4-8-19/h2-4,7-8,15-16,18H,5-6,9-14,17H2,1H3,(H,27,30). The highest BCUT2D eigenvalue weighted by Gasteiger charge is 2.46. The van der Waals surface area contributed by atoms with Crippen LogP contribution in [0.4, 0.5) is 0 Å². The zero-order chi connectivity index (χ0) is 22.1. The molecule has 2 aromatic rings. The molecule has 0 aromatic heterocycles. The molecule has 0 bridgehead atoms. The summed E-state index contributed by atoms with van der Waals surface area (Å²) in [6.45, 7) is 4.28. The molecular formula is C26H30N2O4. The number of hydrogen-bond acceptors (Lipinski definition) is 4. The minimum atomic E-state index is -0.147. The van der Waals surface area contributed by atoms with Gasteiger partial charge in [-0.05, 0) is 55.2 Å². The molecule has 1 aliphatic carbocycles. The van der Waals surface area contributed by atoms with Gasteiger partial charge in [0.2, 0.25) is 5.91 Å². The summed E-state index contributed by atoms with van der Waals surface area (Å²) in [4.78, 5) is 27.6. The second-order valence-corrected chi connectivity index (χ2v) is 9.14. The Morgan fingerprint density at radius 2 is 1.75 bits per heavy atom. The Morgan fingerprint density at radius 3 is 2.47 bits per heavy atom. The van der Waals surface area contributed by atoms with Crippen LogP contribution in [0.2, 0.25) is 0 Å². The number of hydrogen-bond donors (Lipinski definition) is 1. The molecule has 2 heterocycles. The van der Waals surface area contributed by atoms with Crippen LogP contribution in [0.5, 0.6) is 11.5 Å². The average Bonchev–Trinajstić information content (AvgIpc) is 3.30. The lowest BCUT2D eigenvalue weighted by Gasteiger charge is -2.46. The maximum atomic E-state index is 13.3. The van der Waals surface area contributed by atoms with E-state index in [0.29, 0.717) is 31.7 Å². The summed E-state index contributed by atoms with van der Waals surface area (Å²) >= 11 is 0. The Bertz CT molecular complexity index is 1010. The van der Waals surface area contributed by atoms with Gasteiger partial charge in [0.15, 0.2) is 11.5 Å². The third kappa shape index (κ3) is 3.72. The van der Waals surface area contributed by atoms with Crippen molar-refractivity contribution in [2.45, 2.75) is 50.5 Å². The summed E-state index contributed by atoms with van der Waals surface area (Å²) in [6.07, 6.45) is 4.81. The molecule has 2 aromatic carbocycles. The molecule has 0 radical (unpaired) electrons. The van der Waals surface area contributed by atoms with Crippen LogP contribution < -0.4 is 14.8 Å². The second kappa shape index (κ2) is 8.49. The number of carbonyl (C=O) groups excluding carboxylic acids is 2. The van der Waals surface area contributed by atoms with Crippen molar-refractivity contribution in [1.82, 2.24) is 10.2 Å². The number of benzene rings is 2. The molecule has 2 amide bonds. The van der Waals surface area contributed by atoms with Gasteiger partial charge in [-0.15, -0.1) is 0 Å². The average molecular weight is 435 g/mol. The number of amides is 2. The number of ether oxygens (including phenoxy) is 2. The Kier molecular flexibility index (Phi) is 5.53. The van der Waals surface area contributed by atoms with E-state index in [1.165, 1.54) is 24.0 Å². The highest BCUT2D eigenvalue weighted by atomic mass is 16.6. The zero-order valence-corrected chi connectivity index (χ0v) is 18.6. The van der Waals surface area contributed by atoms with Crippen molar-refractivity contribution in [1.29, 1.82) is 0 Å². The summed E-state index contributed by atoms with van der Waals surface area (Å²) in [5, 5.41) is 2.88. The molecule has 168 valence electrons. The summed E-state index contributed by atoms with van der Waals surface area (Å²) in [5.41, 5.74) is 3.09. The molecule has 1 unspecified atom stereocenters. The van der Waals surface area contributed by atoms with Crippen LogP contribution in [0, 0.1) is 0 Å². The number of nitrogens with one attached hydrogen (secondary N) is 1. The Morgan fingerprint density at radius 1 is 1.06 bits per heavy atom. The molecular weight excluding hydrogens is 404 g/mol. The molecule has 5 rings (SSSR count). The molecule has 1 saturated carbocycles. The number of nitrogens with zero attached hydrogens (tertiary/aromatic N) is 1. The fourth-order valence-electron chi connectivity index (χ4n) is 5.53. The smallest absolute Gasteiger partial charge is 0.251 e. The molecule has 1 spiro atoms. The van der Waals surface area contributed by atoms with Gasteiger partial charge >= 0.3 is 0 Å². The van der Waals surface area contributed by atoms with Crippen LogP contribution in [0.25, 0.3) is 0 Å². The van der Waals surface area contributed by atoms with Gasteiger partial charge in [-0.2, -0.15) is 0 Å². The summed E-state index contributed by atoms with van der Waals surface area (Å²) in [6, 6.07) is 13.3. The summed E-state index contributed by atoms with van der Waals surface area (Å²) in [5.74, 6) is 1.54. The minimum Gasteiger partial charge on any atom is -0.486 e. The van der Waals surface area contributed by atoms with Crippen molar-refractivity contribution in [3.63, 3.8) is 0 Å². The number of fused-ring (bicyclic) bond motifs is 3. The fraction of sp³-hybridized carbons (Fsp3) is 0.462. The van der Waals surface area contributed by atoms with Gasteiger partial charge < -0.3 is 19.7 Å². The van der Waals surface area contributed by atoms with E-state index in [1.54, 1.807) is 12.1 Å². The van der Waals surface area contributed by atoms with Crippen LogP contribution in [-0.2, 0) is 10.2 Å². The van der Waals surface area contributed by atoms with Gasteiger partial charge in [0.05, 0.1) is 6.04 Å². The maximum Gasteiger partial charge on any atom is 0.251 e. The molecule has 3 aliphatic rings. The van der Waals surface area contributed by atoms with Gasteiger partial charge in [0.1, 0.15) is 13.2 Å². The van der Waals surface area contributed by atoms with Crippen molar-refractivity contribution in [2.24, 2.45) is 0 Å². The van der Waals surface area contributed by atoms with Crippen LogP contribution in [0.1, 0.15) is 66.6 Å². The van der Waals surface area contributed by atoms with E-state index in [0.717, 1.165) is 30.9 Å². The third-order valence-corrected chi connectivity index (χ3v) is 7.22. The summed E-state index contributed by atoms with van der Waals surface area (Å²) < 4.78 is 11.7. The molecule has 1 N–H and O–H groups in total. The van der Waals surface area contributed by atoms with E-state index < -0.39 is 0 Å². The van der Waals surface area contributed by atoms with Crippen molar-refractivity contribution in [2.75, 3.05) is 26.3 Å². The molecule has 32 heavy (non-hydrogen) atoms. The molecule has 1 atom stereocenters.